The lowest BCUT2D eigenvalue weighted by atomic mass is 10.5. The molecule has 0 unspecified atom stereocenters. The molecule has 0 aliphatic rings. The second kappa shape index (κ2) is 1.65. The number of imidazole rings is 1. The second-order valence-corrected chi connectivity index (χ2v) is 1.28. The third kappa shape index (κ3) is 0.556. The van der Waals surface area contributed by atoms with Gasteiger partial charge in [-0.3, -0.25) is 0 Å². The molecule has 0 radical (unpaired) electrons. The molecule has 1 aromatic rings. The number of rotatable bonds is 1. The maximum atomic E-state index is 8.66. The molecule has 0 fully saturated rings. The van der Waals surface area contributed by atoms with Gasteiger partial charge in [-0.1, -0.05) is 0 Å². The fraction of sp³-hybridized carbons (Fsp3) is 0. The molecule has 0 aliphatic heterocycles. The van der Waals surface area contributed by atoms with Crippen molar-refractivity contribution in [1.82, 2.24) is 9.97 Å². The molecule has 3 N–H and O–H groups in total. The van der Waals surface area contributed by atoms with Gasteiger partial charge in [0, 0.05) is 6.21 Å². The van der Waals surface area contributed by atoms with Crippen LogP contribution in [0.2, 0.25) is 0 Å². The summed E-state index contributed by atoms with van der Waals surface area (Å²) < 4.78 is 0. The minimum absolute atomic E-state index is 0.125. The van der Waals surface area contributed by atoms with Gasteiger partial charge < -0.3 is 15.5 Å². The molecule has 4 nitrogen and oxygen atoms in total. The predicted octanol–water partition coefficient (Wildman–Crippen LogP) is 0.113. The molecule has 42 valence electrons. The van der Waals surface area contributed by atoms with Crippen LogP contribution in [-0.2, 0) is 0 Å². The molecule has 0 saturated carbocycles. The highest BCUT2D eigenvalue weighted by atomic mass is 16.3. The van der Waals surface area contributed by atoms with Crippen molar-refractivity contribution in [3.63, 3.8) is 0 Å². The van der Waals surface area contributed by atoms with Crippen molar-refractivity contribution >= 4 is 6.21 Å². The van der Waals surface area contributed by atoms with Crippen molar-refractivity contribution < 1.29 is 5.11 Å². The fourth-order valence-corrected chi connectivity index (χ4v) is 0.403. The average Bonchev–Trinajstić information content (AvgIpc) is 2.14. The first-order valence-electron chi connectivity index (χ1n) is 2.07. The van der Waals surface area contributed by atoms with Gasteiger partial charge in [0.2, 0.25) is 5.88 Å². The number of aromatic amines is 1. The number of aromatic hydroxyl groups is 1. The number of nitrogens with zero attached hydrogens (tertiary/aromatic N) is 1. The maximum absolute atomic E-state index is 8.66. The van der Waals surface area contributed by atoms with Gasteiger partial charge in [-0.2, -0.15) is 0 Å². The Morgan fingerprint density at radius 2 is 2.62 bits per heavy atom. The van der Waals surface area contributed by atoms with Gasteiger partial charge in [0.05, 0.1) is 6.33 Å². The number of nitrogens with one attached hydrogen (secondary N) is 2. The van der Waals surface area contributed by atoms with Crippen LogP contribution in [0.4, 0.5) is 0 Å². The van der Waals surface area contributed by atoms with Crippen molar-refractivity contribution in [2.24, 2.45) is 0 Å². The molecular weight excluding hydrogens is 106 g/mol. The minimum atomic E-state index is -0.125. The first kappa shape index (κ1) is 4.83. The van der Waals surface area contributed by atoms with E-state index in [1.807, 2.05) is 0 Å². The molecular formula is C4H5N3O. The van der Waals surface area contributed by atoms with E-state index in [0.29, 0.717) is 5.69 Å². The van der Waals surface area contributed by atoms with Crippen LogP contribution in [0.15, 0.2) is 6.33 Å². The SMILES string of the molecule is N=Cc1[nH]cnc1O. The lowest BCUT2D eigenvalue weighted by Crippen LogP contribution is -1.76. The van der Waals surface area contributed by atoms with Gasteiger partial charge in [-0.15, -0.1) is 0 Å². The van der Waals surface area contributed by atoms with Crippen LogP contribution in [0.5, 0.6) is 5.88 Å². The van der Waals surface area contributed by atoms with E-state index < -0.39 is 0 Å². The van der Waals surface area contributed by atoms with Crippen molar-refractivity contribution in [3.05, 3.63) is 12.0 Å². The minimum Gasteiger partial charge on any atom is -0.492 e. The van der Waals surface area contributed by atoms with Crippen LogP contribution in [0.3, 0.4) is 0 Å². The van der Waals surface area contributed by atoms with Gasteiger partial charge in [0.15, 0.2) is 0 Å². The number of hydrogen-bond acceptors (Lipinski definition) is 3. The van der Waals surface area contributed by atoms with Crippen LogP contribution in [0.1, 0.15) is 5.69 Å². The molecule has 0 aliphatic carbocycles. The lowest BCUT2D eigenvalue weighted by Gasteiger charge is -1.79. The fourth-order valence-electron chi connectivity index (χ4n) is 0.403. The molecule has 8 heavy (non-hydrogen) atoms. The normalized spacial score (nSPS) is 9.00. The molecule has 0 aromatic carbocycles. The third-order valence-electron chi connectivity index (χ3n) is 0.792. The summed E-state index contributed by atoms with van der Waals surface area (Å²) in [4.78, 5) is 5.99. The summed E-state index contributed by atoms with van der Waals surface area (Å²) in [5.41, 5.74) is 0.338. The zero-order valence-corrected chi connectivity index (χ0v) is 4.05. The number of hydrogen-bond donors (Lipinski definition) is 3. The van der Waals surface area contributed by atoms with E-state index in [2.05, 4.69) is 9.97 Å². The largest absolute Gasteiger partial charge is 0.492 e. The molecule has 1 rings (SSSR count). The van der Waals surface area contributed by atoms with Crippen molar-refractivity contribution in [1.29, 1.82) is 5.41 Å². The molecule has 0 amide bonds. The summed E-state index contributed by atoms with van der Waals surface area (Å²) >= 11 is 0. The van der Waals surface area contributed by atoms with E-state index >= 15 is 0 Å². The number of H-pyrrole nitrogens is 1. The topological polar surface area (TPSA) is 72.8 Å². The Kier molecular flexibility index (Phi) is 0.997. The van der Waals surface area contributed by atoms with E-state index in [-0.39, 0.29) is 5.88 Å². The van der Waals surface area contributed by atoms with Gasteiger partial charge >= 0.3 is 0 Å². The quantitative estimate of drug-likeness (QED) is 0.450. The molecule has 4 heteroatoms. The van der Waals surface area contributed by atoms with E-state index in [9.17, 15) is 0 Å². The molecule has 0 spiro atoms. The van der Waals surface area contributed by atoms with Crippen molar-refractivity contribution in [2.75, 3.05) is 0 Å². The monoisotopic (exact) mass is 111 g/mol. The van der Waals surface area contributed by atoms with E-state index in [0.717, 1.165) is 6.21 Å². The highest BCUT2D eigenvalue weighted by molar-refractivity contribution is 5.76. The molecule has 0 atom stereocenters. The van der Waals surface area contributed by atoms with Gasteiger partial charge in [-0.05, 0) is 0 Å². The summed E-state index contributed by atoms with van der Waals surface area (Å²) in [6.45, 7) is 0. The zero-order valence-electron chi connectivity index (χ0n) is 4.05. The average molecular weight is 111 g/mol. The first-order valence-corrected chi connectivity index (χ1v) is 2.07. The van der Waals surface area contributed by atoms with Crippen LogP contribution in [0.25, 0.3) is 0 Å². The van der Waals surface area contributed by atoms with Crippen molar-refractivity contribution in [2.45, 2.75) is 0 Å². The van der Waals surface area contributed by atoms with E-state index in [4.69, 9.17) is 10.5 Å². The molecule has 0 bridgehead atoms. The van der Waals surface area contributed by atoms with Gasteiger partial charge in [-0.25, -0.2) is 4.98 Å². The van der Waals surface area contributed by atoms with Crippen molar-refractivity contribution in [3.8, 4) is 5.88 Å². The number of aromatic nitrogens is 2. The Labute approximate surface area is 45.7 Å². The zero-order chi connectivity index (χ0) is 5.98. The predicted molar refractivity (Wildman–Crippen MR) is 28.1 cm³/mol. The smallest absolute Gasteiger partial charge is 0.238 e. The second-order valence-electron chi connectivity index (χ2n) is 1.28. The van der Waals surface area contributed by atoms with Gasteiger partial charge in [0.25, 0.3) is 0 Å². The standard InChI is InChI=1S/C4H5N3O/c5-1-3-4(8)7-2-6-3/h1-2,5,8H,(H,6,7). The third-order valence-corrected chi connectivity index (χ3v) is 0.792. The Morgan fingerprint density at radius 1 is 1.88 bits per heavy atom. The highest BCUT2D eigenvalue weighted by Crippen LogP contribution is 2.04. The summed E-state index contributed by atoms with van der Waals surface area (Å²) in [7, 11) is 0. The summed E-state index contributed by atoms with van der Waals surface area (Å²) in [5, 5.41) is 15.3. The van der Waals surface area contributed by atoms with Crippen LogP contribution in [-0.4, -0.2) is 21.3 Å². The Morgan fingerprint density at radius 3 is 2.88 bits per heavy atom. The van der Waals surface area contributed by atoms with E-state index in [1.54, 1.807) is 0 Å². The maximum Gasteiger partial charge on any atom is 0.238 e. The molecule has 0 saturated heterocycles. The lowest BCUT2D eigenvalue weighted by molar-refractivity contribution is 0.455. The Bertz CT molecular complexity index is 193. The van der Waals surface area contributed by atoms with Crippen LogP contribution < -0.4 is 0 Å². The molecule has 1 aromatic heterocycles. The van der Waals surface area contributed by atoms with Gasteiger partial charge in [0.1, 0.15) is 5.69 Å². The Hall–Kier alpha value is -1.32. The van der Waals surface area contributed by atoms with E-state index in [1.165, 1.54) is 6.33 Å². The molecule has 1 heterocycles. The summed E-state index contributed by atoms with van der Waals surface area (Å²) in [6, 6.07) is 0. The summed E-state index contributed by atoms with van der Waals surface area (Å²) in [6.07, 6.45) is 2.33. The first-order chi connectivity index (χ1) is 3.84. The van der Waals surface area contributed by atoms with Crippen LogP contribution >= 0.6 is 0 Å². The highest BCUT2D eigenvalue weighted by Gasteiger charge is 1.95. The Balaban J connectivity index is 3.09. The summed E-state index contributed by atoms with van der Waals surface area (Å²) in [5.74, 6) is -0.125. The van der Waals surface area contributed by atoms with Crippen LogP contribution in [0, 0.1) is 5.41 Å².